The fraction of sp³-hybridized carbons (Fsp3) is 0.273. The van der Waals surface area contributed by atoms with Crippen LogP contribution in [0.5, 0.6) is 0 Å². The van der Waals surface area contributed by atoms with Gasteiger partial charge in [-0.3, -0.25) is 9.59 Å². The average Bonchev–Trinajstić information content (AvgIpc) is 2.92. The number of fused-ring (bicyclic) bond motifs is 2. The Bertz CT molecular complexity index is 1120. The molecular formula is C22H18ClNO6. The molecule has 0 amide bonds. The van der Waals surface area contributed by atoms with Gasteiger partial charge in [-0.05, 0) is 44.6 Å². The SMILES string of the molecule is CC1(C)CC2=CC3=C(C(O)=CC(=O)c4ccc(Cl)nc4)C(=O)OC3(C)C(=O)C2=CO1. The van der Waals surface area contributed by atoms with E-state index in [4.69, 9.17) is 21.1 Å². The molecule has 2 aliphatic heterocycles. The van der Waals surface area contributed by atoms with E-state index in [0.717, 1.165) is 6.08 Å². The van der Waals surface area contributed by atoms with Crippen LogP contribution in [-0.2, 0) is 19.1 Å². The maximum Gasteiger partial charge on any atom is 0.343 e. The largest absolute Gasteiger partial charge is 0.507 e. The Balaban J connectivity index is 1.80. The number of esters is 1. The van der Waals surface area contributed by atoms with Crippen LogP contribution in [0.2, 0.25) is 5.15 Å². The van der Waals surface area contributed by atoms with E-state index in [-0.39, 0.29) is 21.9 Å². The highest BCUT2D eigenvalue weighted by Gasteiger charge is 2.54. The Hall–Kier alpha value is -3.19. The minimum absolute atomic E-state index is 0.181. The number of aromatic nitrogens is 1. The molecule has 30 heavy (non-hydrogen) atoms. The molecule has 1 aromatic heterocycles. The van der Waals surface area contributed by atoms with Crippen molar-refractivity contribution in [3.8, 4) is 0 Å². The van der Waals surface area contributed by atoms with Crippen molar-refractivity contribution in [3.63, 3.8) is 0 Å². The topological polar surface area (TPSA) is 103 Å². The molecule has 3 heterocycles. The van der Waals surface area contributed by atoms with Crippen molar-refractivity contribution in [3.05, 3.63) is 75.5 Å². The molecule has 0 saturated carbocycles. The summed E-state index contributed by atoms with van der Waals surface area (Å²) in [6, 6.07) is 2.89. The van der Waals surface area contributed by atoms with E-state index in [2.05, 4.69) is 4.98 Å². The summed E-state index contributed by atoms with van der Waals surface area (Å²) in [6.07, 6.45) is 5.65. The van der Waals surface area contributed by atoms with Crippen LogP contribution in [-0.4, -0.2) is 38.8 Å². The van der Waals surface area contributed by atoms with Gasteiger partial charge in [-0.1, -0.05) is 11.6 Å². The number of nitrogens with zero attached hydrogens (tertiary/aromatic N) is 1. The molecule has 1 unspecified atom stereocenters. The summed E-state index contributed by atoms with van der Waals surface area (Å²) in [5, 5.41) is 10.8. The zero-order valence-corrected chi connectivity index (χ0v) is 17.2. The molecule has 0 bridgehead atoms. The standard InChI is InChI=1S/C22H18ClNO6/c1-21(2)8-12-6-14-18(16(26)7-15(25)11-4-5-17(23)24-9-11)20(28)30-22(14,3)19(27)13(12)10-29-21/h4-7,9-10,26H,8H2,1-3H3. The van der Waals surface area contributed by atoms with Gasteiger partial charge in [0, 0.05) is 29.8 Å². The number of ketones is 2. The van der Waals surface area contributed by atoms with Crippen molar-refractivity contribution in [2.24, 2.45) is 0 Å². The molecule has 0 spiro atoms. The first-order valence-electron chi connectivity index (χ1n) is 9.20. The van der Waals surface area contributed by atoms with Crippen molar-refractivity contribution >= 4 is 29.1 Å². The van der Waals surface area contributed by atoms with Gasteiger partial charge >= 0.3 is 5.97 Å². The second-order valence-electron chi connectivity index (χ2n) is 8.06. The van der Waals surface area contributed by atoms with Gasteiger partial charge in [-0.25, -0.2) is 9.78 Å². The zero-order valence-electron chi connectivity index (χ0n) is 16.5. The van der Waals surface area contributed by atoms with Gasteiger partial charge in [-0.15, -0.1) is 0 Å². The number of ether oxygens (including phenoxy) is 2. The molecule has 0 saturated heterocycles. The van der Waals surface area contributed by atoms with E-state index in [0.29, 0.717) is 17.6 Å². The van der Waals surface area contributed by atoms with Gasteiger partial charge < -0.3 is 14.6 Å². The summed E-state index contributed by atoms with van der Waals surface area (Å²) in [6.45, 7) is 5.21. The van der Waals surface area contributed by atoms with Crippen molar-refractivity contribution in [1.29, 1.82) is 0 Å². The second-order valence-corrected chi connectivity index (χ2v) is 8.45. The van der Waals surface area contributed by atoms with E-state index < -0.39 is 34.5 Å². The Morgan fingerprint density at radius 2 is 2.00 bits per heavy atom. The molecule has 4 rings (SSSR count). The number of aliphatic hydroxyl groups excluding tert-OH is 1. The molecule has 0 radical (unpaired) electrons. The highest BCUT2D eigenvalue weighted by atomic mass is 35.5. The van der Waals surface area contributed by atoms with E-state index >= 15 is 0 Å². The minimum Gasteiger partial charge on any atom is -0.507 e. The maximum absolute atomic E-state index is 13.1. The summed E-state index contributed by atoms with van der Waals surface area (Å²) >= 11 is 5.72. The third-order valence-electron chi connectivity index (χ3n) is 5.27. The normalized spacial score (nSPS) is 25.0. The summed E-state index contributed by atoms with van der Waals surface area (Å²) in [5.41, 5.74) is -0.917. The first-order valence-corrected chi connectivity index (χ1v) is 9.58. The maximum atomic E-state index is 13.1. The Morgan fingerprint density at radius 1 is 1.27 bits per heavy atom. The number of carbonyl (C=O) groups excluding carboxylic acids is 3. The number of pyridine rings is 1. The van der Waals surface area contributed by atoms with E-state index in [1.54, 1.807) is 6.08 Å². The van der Waals surface area contributed by atoms with Crippen LogP contribution in [0.4, 0.5) is 0 Å². The van der Waals surface area contributed by atoms with Crippen molar-refractivity contribution in [2.45, 2.75) is 38.4 Å². The molecule has 1 aliphatic carbocycles. The highest BCUT2D eigenvalue weighted by molar-refractivity contribution is 6.29. The van der Waals surface area contributed by atoms with Crippen LogP contribution in [0.1, 0.15) is 37.6 Å². The predicted molar refractivity (Wildman–Crippen MR) is 107 cm³/mol. The van der Waals surface area contributed by atoms with Crippen molar-refractivity contribution in [2.75, 3.05) is 0 Å². The molecule has 3 aliphatic rings. The van der Waals surface area contributed by atoms with Crippen molar-refractivity contribution in [1.82, 2.24) is 4.98 Å². The first-order chi connectivity index (χ1) is 14.0. The number of halogens is 1. The summed E-state index contributed by atoms with van der Waals surface area (Å²) in [5.74, 6) is -2.47. The predicted octanol–water partition coefficient (Wildman–Crippen LogP) is 3.56. The molecule has 0 fully saturated rings. The van der Waals surface area contributed by atoms with E-state index in [9.17, 15) is 19.5 Å². The molecule has 154 valence electrons. The molecular weight excluding hydrogens is 410 g/mol. The third kappa shape index (κ3) is 3.15. The van der Waals surface area contributed by atoms with Crippen LogP contribution < -0.4 is 0 Å². The first kappa shape index (κ1) is 20.1. The molecule has 1 aromatic rings. The van der Waals surface area contributed by atoms with Gasteiger partial charge in [0.1, 0.15) is 22.1 Å². The van der Waals surface area contributed by atoms with Gasteiger partial charge in [0.25, 0.3) is 0 Å². The van der Waals surface area contributed by atoms with E-state index in [1.165, 1.54) is 31.5 Å². The highest BCUT2D eigenvalue weighted by Crippen LogP contribution is 2.46. The summed E-state index contributed by atoms with van der Waals surface area (Å²) in [4.78, 5) is 41.9. The van der Waals surface area contributed by atoms with Crippen LogP contribution in [0.25, 0.3) is 0 Å². The number of carbonyl (C=O) groups is 3. The smallest absolute Gasteiger partial charge is 0.343 e. The van der Waals surface area contributed by atoms with Crippen LogP contribution in [0, 0.1) is 0 Å². The van der Waals surface area contributed by atoms with Crippen molar-refractivity contribution < 1.29 is 29.0 Å². The molecule has 7 nitrogen and oxygen atoms in total. The number of rotatable bonds is 3. The number of aliphatic hydroxyl groups is 1. The monoisotopic (exact) mass is 427 g/mol. The second kappa shape index (κ2) is 6.67. The summed E-state index contributed by atoms with van der Waals surface area (Å²) < 4.78 is 11.0. The summed E-state index contributed by atoms with van der Waals surface area (Å²) in [7, 11) is 0. The van der Waals surface area contributed by atoms with Crippen LogP contribution in [0.3, 0.4) is 0 Å². The van der Waals surface area contributed by atoms with Gasteiger partial charge in [-0.2, -0.15) is 0 Å². The van der Waals surface area contributed by atoms with E-state index in [1.807, 2.05) is 13.8 Å². The lowest BCUT2D eigenvalue weighted by molar-refractivity contribution is -0.153. The average molecular weight is 428 g/mol. The van der Waals surface area contributed by atoms with Crippen LogP contribution >= 0.6 is 11.6 Å². The minimum atomic E-state index is -1.60. The lowest BCUT2D eigenvalue weighted by Crippen LogP contribution is -2.43. The molecule has 0 aromatic carbocycles. The van der Waals surface area contributed by atoms with Gasteiger partial charge in [0.15, 0.2) is 11.4 Å². The number of Topliss-reactive ketones (excluding diaryl/α,β-unsaturated/α-hetero) is 1. The molecule has 1 atom stereocenters. The van der Waals surface area contributed by atoms with Gasteiger partial charge in [0.05, 0.1) is 11.8 Å². The Kier molecular flexibility index (Phi) is 4.47. The quantitative estimate of drug-likeness (QED) is 0.258. The van der Waals surface area contributed by atoms with Crippen LogP contribution in [0.15, 0.2) is 64.8 Å². The number of hydrogen-bond donors (Lipinski definition) is 1. The number of hydrogen-bond acceptors (Lipinski definition) is 7. The zero-order chi connectivity index (χ0) is 21.8. The Labute approximate surface area is 177 Å². The molecule has 8 heteroatoms. The Morgan fingerprint density at radius 3 is 2.67 bits per heavy atom. The fourth-order valence-corrected chi connectivity index (χ4v) is 3.82. The lowest BCUT2D eigenvalue weighted by atomic mass is 9.74. The fourth-order valence-electron chi connectivity index (χ4n) is 3.71. The molecule has 1 N–H and O–H groups in total. The van der Waals surface area contributed by atoms with Gasteiger partial charge in [0.2, 0.25) is 5.78 Å². The number of allylic oxidation sites excluding steroid dienone is 1. The third-order valence-corrected chi connectivity index (χ3v) is 5.50. The lowest BCUT2D eigenvalue weighted by Gasteiger charge is -2.37.